The number of carbonyl (C=O) groups is 1. The van der Waals surface area contributed by atoms with E-state index in [0.717, 1.165) is 36.3 Å². The lowest BCUT2D eigenvalue weighted by Gasteiger charge is -2.33. The molecule has 0 aliphatic carbocycles. The van der Waals surface area contributed by atoms with Crippen molar-refractivity contribution < 1.29 is 9.53 Å². The molecule has 29 heavy (non-hydrogen) atoms. The second kappa shape index (κ2) is 8.86. The van der Waals surface area contributed by atoms with Gasteiger partial charge < -0.3 is 9.64 Å². The molecule has 1 aliphatic rings. The van der Waals surface area contributed by atoms with E-state index in [2.05, 4.69) is 35.1 Å². The van der Waals surface area contributed by atoms with Gasteiger partial charge in [-0.05, 0) is 38.0 Å². The summed E-state index contributed by atoms with van der Waals surface area (Å²) < 4.78 is 5.65. The summed E-state index contributed by atoms with van der Waals surface area (Å²) in [6, 6.07) is 17.8. The Morgan fingerprint density at radius 2 is 1.93 bits per heavy atom. The van der Waals surface area contributed by atoms with E-state index in [1.54, 1.807) is 12.4 Å². The van der Waals surface area contributed by atoms with Crippen molar-refractivity contribution in [2.75, 3.05) is 19.7 Å². The minimum atomic E-state index is 0.0135. The molecule has 148 valence electrons. The van der Waals surface area contributed by atoms with E-state index in [0.29, 0.717) is 12.3 Å². The highest BCUT2D eigenvalue weighted by Crippen LogP contribution is 2.32. The molecule has 2 heterocycles. The molecule has 0 radical (unpaired) electrons. The van der Waals surface area contributed by atoms with E-state index in [4.69, 9.17) is 4.74 Å². The van der Waals surface area contributed by atoms with Crippen molar-refractivity contribution in [1.29, 1.82) is 0 Å². The highest BCUT2D eigenvalue weighted by Gasteiger charge is 2.28. The summed E-state index contributed by atoms with van der Waals surface area (Å²) >= 11 is 0. The predicted octanol–water partition coefficient (Wildman–Crippen LogP) is 4.24. The smallest absolute Gasteiger partial charge is 0.260 e. The van der Waals surface area contributed by atoms with Gasteiger partial charge in [-0.15, -0.1) is 0 Å². The highest BCUT2D eigenvalue weighted by molar-refractivity contribution is 5.78. The van der Waals surface area contributed by atoms with Crippen molar-refractivity contribution in [3.05, 3.63) is 78.2 Å². The molecule has 1 aromatic heterocycles. The minimum absolute atomic E-state index is 0.0135. The first kappa shape index (κ1) is 19.1. The first-order chi connectivity index (χ1) is 14.2. The van der Waals surface area contributed by atoms with Crippen molar-refractivity contribution >= 4 is 5.91 Å². The molecule has 0 saturated carbocycles. The molecule has 0 N–H and O–H groups in total. The molecule has 0 bridgehead atoms. The summed E-state index contributed by atoms with van der Waals surface area (Å²) in [4.78, 5) is 23.9. The fourth-order valence-corrected chi connectivity index (χ4v) is 3.84. The van der Waals surface area contributed by atoms with Gasteiger partial charge in [0.25, 0.3) is 5.91 Å². The Labute approximate surface area is 171 Å². The third-order valence-electron chi connectivity index (χ3n) is 5.28. The van der Waals surface area contributed by atoms with Gasteiger partial charge in [-0.1, -0.05) is 42.0 Å². The van der Waals surface area contributed by atoms with Crippen LogP contribution in [0.2, 0.25) is 0 Å². The maximum Gasteiger partial charge on any atom is 0.260 e. The van der Waals surface area contributed by atoms with Gasteiger partial charge in [0, 0.05) is 37.0 Å². The highest BCUT2D eigenvalue weighted by atomic mass is 16.5. The summed E-state index contributed by atoms with van der Waals surface area (Å²) in [6.07, 6.45) is 5.43. The van der Waals surface area contributed by atoms with E-state index >= 15 is 0 Å². The predicted molar refractivity (Wildman–Crippen MR) is 113 cm³/mol. The van der Waals surface area contributed by atoms with Crippen molar-refractivity contribution in [1.82, 2.24) is 14.9 Å². The normalized spacial score (nSPS) is 16.4. The van der Waals surface area contributed by atoms with Crippen LogP contribution >= 0.6 is 0 Å². The van der Waals surface area contributed by atoms with Crippen LogP contribution in [0.4, 0.5) is 0 Å². The molecule has 1 atom stereocenters. The lowest BCUT2D eigenvalue weighted by Crippen LogP contribution is -2.41. The third-order valence-corrected chi connectivity index (χ3v) is 5.28. The number of ether oxygens (including phenoxy) is 1. The van der Waals surface area contributed by atoms with Crippen molar-refractivity contribution in [2.45, 2.75) is 25.7 Å². The molecule has 1 fully saturated rings. The maximum atomic E-state index is 12.7. The number of hydrogen-bond donors (Lipinski definition) is 0. The number of amides is 1. The van der Waals surface area contributed by atoms with Gasteiger partial charge in [-0.25, -0.2) is 0 Å². The van der Waals surface area contributed by atoms with Gasteiger partial charge in [0.05, 0.1) is 11.4 Å². The summed E-state index contributed by atoms with van der Waals surface area (Å²) in [5.74, 6) is 0.901. The van der Waals surface area contributed by atoms with Crippen molar-refractivity contribution in [3.63, 3.8) is 0 Å². The zero-order valence-electron chi connectivity index (χ0n) is 16.6. The summed E-state index contributed by atoms with van der Waals surface area (Å²) in [7, 11) is 0. The molecule has 0 spiro atoms. The third kappa shape index (κ3) is 4.62. The van der Waals surface area contributed by atoms with Gasteiger partial charge in [-0.2, -0.15) is 0 Å². The van der Waals surface area contributed by atoms with Crippen LogP contribution in [0.1, 0.15) is 30.0 Å². The first-order valence-corrected chi connectivity index (χ1v) is 10.0. The summed E-state index contributed by atoms with van der Waals surface area (Å²) in [6.45, 7) is 3.54. The number of para-hydroxylation sites is 1. The van der Waals surface area contributed by atoms with Crippen LogP contribution < -0.4 is 4.74 Å². The van der Waals surface area contributed by atoms with Crippen molar-refractivity contribution in [3.8, 4) is 17.0 Å². The Bertz CT molecular complexity index is 975. The molecule has 3 aromatic rings. The number of carbonyl (C=O) groups excluding carboxylic acids is 1. The zero-order chi connectivity index (χ0) is 20.1. The quantitative estimate of drug-likeness (QED) is 0.657. The second-order valence-corrected chi connectivity index (χ2v) is 7.44. The average molecular weight is 387 g/mol. The molecule has 1 amide bonds. The minimum Gasteiger partial charge on any atom is -0.484 e. The molecule has 1 aliphatic heterocycles. The van der Waals surface area contributed by atoms with Crippen LogP contribution in [0.3, 0.4) is 0 Å². The van der Waals surface area contributed by atoms with Gasteiger partial charge in [0.15, 0.2) is 6.61 Å². The van der Waals surface area contributed by atoms with Crippen molar-refractivity contribution in [2.24, 2.45) is 0 Å². The van der Waals surface area contributed by atoms with E-state index in [-0.39, 0.29) is 18.4 Å². The number of piperidine rings is 1. The SMILES string of the molecule is Cc1cccc(-c2nccnc2C2CCCN(C(=O)COc3ccccc3)C2)c1. The standard InChI is InChI=1S/C24H25N3O2/c1-18-7-5-8-19(15-18)23-24(26-13-12-25-23)20-9-6-14-27(16-20)22(28)17-29-21-10-3-2-4-11-21/h2-5,7-8,10-13,15,20H,6,9,14,16-17H2,1H3. The van der Waals surface area contributed by atoms with Gasteiger partial charge in [0.2, 0.25) is 0 Å². The number of nitrogens with zero attached hydrogens (tertiary/aromatic N) is 3. The Hall–Kier alpha value is -3.21. The van der Waals surface area contributed by atoms with E-state index in [1.165, 1.54) is 5.56 Å². The van der Waals surface area contributed by atoms with Crippen LogP contribution in [0, 0.1) is 6.92 Å². The average Bonchev–Trinajstić information content (AvgIpc) is 2.78. The fraction of sp³-hybridized carbons (Fsp3) is 0.292. The van der Waals surface area contributed by atoms with Gasteiger partial charge in [0.1, 0.15) is 5.75 Å². The molecular formula is C24H25N3O2. The van der Waals surface area contributed by atoms with Gasteiger partial charge >= 0.3 is 0 Å². The maximum absolute atomic E-state index is 12.7. The molecule has 1 unspecified atom stereocenters. The molecule has 2 aromatic carbocycles. The topological polar surface area (TPSA) is 55.3 Å². The summed E-state index contributed by atoms with van der Waals surface area (Å²) in [5.41, 5.74) is 4.15. The molecule has 5 nitrogen and oxygen atoms in total. The monoisotopic (exact) mass is 387 g/mol. The molecular weight excluding hydrogens is 362 g/mol. The Kier molecular flexibility index (Phi) is 5.84. The Morgan fingerprint density at radius 3 is 2.76 bits per heavy atom. The summed E-state index contributed by atoms with van der Waals surface area (Å²) in [5, 5.41) is 0. The number of benzene rings is 2. The van der Waals surface area contributed by atoms with E-state index in [9.17, 15) is 4.79 Å². The lowest BCUT2D eigenvalue weighted by atomic mass is 9.91. The van der Waals surface area contributed by atoms with Crippen LogP contribution in [-0.2, 0) is 4.79 Å². The van der Waals surface area contributed by atoms with Gasteiger partial charge in [-0.3, -0.25) is 14.8 Å². The van der Waals surface area contributed by atoms with E-state index in [1.807, 2.05) is 41.3 Å². The number of rotatable bonds is 5. The number of hydrogen-bond acceptors (Lipinski definition) is 4. The fourth-order valence-electron chi connectivity index (χ4n) is 3.84. The molecule has 1 saturated heterocycles. The van der Waals surface area contributed by atoms with Crippen LogP contribution in [-0.4, -0.2) is 40.5 Å². The first-order valence-electron chi connectivity index (χ1n) is 10.0. The Balaban J connectivity index is 1.48. The number of aromatic nitrogens is 2. The lowest BCUT2D eigenvalue weighted by molar-refractivity contribution is -0.134. The number of aryl methyl sites for hydroxylation is 1. The molecule has 5 heteroatoms. The second-order valence-electron chi connectivity index (χ2n) is 7.44. The van der Waals surface area contributed by atoms with Crippen LogP contribution in [0.25, 0.3) is 11.3 Å². The number of likely N-dealkylation sites (tertiary alicyclic amines) is 1. The van der Waals surface area contributed by atoms with Crippen LogP contribution in [0.5, 0.6) is 5.75 Å². The van der Waals surface area contributed by atoms with Crippen LogP contribution in [0.15, 0.2) is 67.0 Å². The molecule has 4 rings (SSSR count). The largest absolute Gasteiger partial charge is 0.484 e. The van der Waals surface area contributed by atoms with E-state index < -0.39 is 0 Å². The zero-order valence-corrected chi connectivity index (χ0v) is 16.6. The Morgan fingerprint density at radius 1 is 1.10 bits per heavy atom.